The lowest BCUT2D eigenvalue weighted by atomic mass is 10.2. The molecular weight excluding hydrogens is 150 g/mol. The number of alkyl halides is 1. The van der Waals surface area contributed by atoms with Gasteiger partial charge in [0, 0.05) is 18.8 Å². The summed E-state index contributed by atoms with van der Waals surface area (Å²) >= 11 is 5.68. The topological polar surface area (TPSA) is 29.1 Å². The van der Waals surface area contributed by atoms with Gasteiger partial charge in [-0.1, -0.05) is 0 Å². The third kappa shape index (κ3) is 7.76. The third-order valence-electron chi connectivity index (χ3n) is 1.15. The van der Waals surface area contributed by atoms with Gasteiger partial charge in [-0.15, -0.1) is 11.6 Å². The van der Waals surface area contributed by atoms with E-state index in [9.17, 15) is 4.79 Å². The molecule has 0 saturated heterocycles. The summed E-state index contributed by atoms with van der Waals surface area (Å²) in [6, 6.07) is 0. The van der Waals surface area contributed by atoms with Crippen molar-refractivity contribution in [1.82, 2.24) is 5.32 Å². The van der Waals surface area contributed by atoms with E-state index in [1.54, 1.807) is 0 Å². The zero-order valence-electron chi connectivity index (χ0n) is 6.48. The van der Waals surface area contributed by atoms with E-state index in [0.717, 1.165) is 19.4 Å². The molecule has 0 rings (SSSR count). The van der Waals surface area contributed by atoms with Crippen LogP contribution in [0.1, 0.15) is 26.7 Å². The molecule has 10 heavy (non-hydrogen) atoms. The van der Waals surface area contributed by atoms with Crippen molar-refractivity contribution in [3.05, 3.63) is 0 Å². The number of hydrogen-bond acceptors (Lipinski definition) is 1. The van der Waals surface area contributed by atoms with E-state index >= 15 is 0 Å². The van der Waals surface area contributed by atoms with Crippen molar-refractivity contribution in [2.24, 2.45) is 0 Å². The molecule has 1 amide bonds. The second kappa shape index (κ2) is 5.54. The molecule has 0 aromatic carbocycles. The van der Waals surface area contributed by atoms with Crippen LogP contribution < -0.4 is 5.32 Å². The molecule has 0 heterocycles. The minimum absolute atomic E-state index is 0.0298. The normalized spacial score (nSPS) is 12.7. The van der Waals surface area contributed by atoms with Crippen molar-refractivity contribution in [1.29, 1.82) is 0 Å². The van der Waals surface area contributed by atoms with Gasteiger partial charge in [0.25, 0.3) is 0 Å². The van der Waals surface area contributed by atoms with Crippen LogP contribution in [0, 0.1) is 0 Å². The molecule has 0 fully saturated rings. The molecule has 60 valence electrons. The van der Waals surface area contributed by atoms with Gasteiger partial charge in [0.1, 0.15) is 0 Å². The molecule has 2 nitrogen and oxygen atoms in total. The summed E-state index contributed by atoms with van der Waals surface area (Å²) in [5, 5.41) is 2.92. The van der Waals surface area contributed by atoms with Crippen LogP contribution in [0.5, 0.6) is 0 Å². The van der Waals surface area contributed by atoms with E-state index in [4.69, 9.17) is 11.6 Å². The molecule has 0 aliphatic rings. The summed E-state index contributed by atoms with van der Waals surface area (Å²) in [6.07, 6.45) is 1.92. The zero-order valence-corrected chi connectivity index (χ0v) is 7.24. The zero-order chi connectivity index (χ0) is 7.98. The van der Waals surface area contributed by atoms with Gasteiger partial charge in [-0.2, -0.15) is 0 Å². The molecule has 0 radical (unpaired) electrons. The van der Waals surface area contributed by atoms with Gasteiger partial charge in [0.2, 0.25) is 5.91 Å². The number of carbonyl (C=O) groups excluding carboxylic acids is 1. The minimum Gasteiger partial charge on any atom is -0.356 e. The quantitative estimate of drug-likeness (QED) is 0.494. The fourth-order valence-corrected chi connectivity index (χ4v) is 0.802. The first-order valence-corrected chi connectivity index (χ1v) is 3.95. The lowest BCUT2D eigenvalue weighted by Crippen LogP contribution is -2.21. The Morgan fingerprint density at radius 3 is 2.70 bits per heavy atom. The van der Waals surface area contributed by atoms with Gasteiger partial charge in [0.15, 0.2) is 0 Å². The molecule has 1 atom stereocenters. The molecule has 0 saturated carbocycles. The maximum absolute atomic E-state index is 10.3. The average Bonchev–Trinajstić information content (AvgIpc) is 1.79. The predicted molar refractivity (Wildman–Crippen MR) is 43.2 cm³/mol. The highest BCUT2D eigenvalue weighted by Crippen LogP contribution is 2.01. The molecule has 0 aliphatic heterocycles. The van der Waals surface area contributed by atoms with Gasteiger partial charge >= 0.3 is 0 Å². The Morgan fingerprint density at radius 2 is 2.30 bits per heavy atom. The van der Waals surface area contributed by atoms with Crippen LogP contribution in [-0.2, 0) is 4.79 Å². The Balaban J connectivity index is 2.98. The van der Waals surface area contributed by atoms with Crippen LogP contribution in [-0.4, -0.2) is 17.8 Å². The van der Waals surface area contributed by atoms with Gasteiger partial charge in [-0.3, -0.25) is 4.79 Å². The maximum atomic E-state index is 10.3. The van der Waals surface area contributed by atoms with Gasteiger partial charge in [-0.05, 0) is 19.8 Å². The summed E-state index contributed by atoms with van der Waals surface area (Å²) in [6.45, 7) is 4.21. The third-order valence-corrected chi connectivity index (χ3v) is 1.37. The van der Waals surface area contributed by atoms with Crippen molar-refractivity contribution in [2.45, 2.75) is 32.1 Å². The van der Waals surface area contributed by atoms with Crippen LogP contribution in [0.15, 0.2) is 0 Å². The SMILES string of the molecule is CC(=O)NCCCC(C)Cl. The smallest absolute Gasteiger partial charge is 0.216 e. The number of amides is 1. The Morgan fingerprint density at radius 1 is 1.70 bits per heavy atom. The van der Waals surface area contributed by atoms with E-state index < -0.39 is 0 Å². The Hall–Kier alpha value is -0.240. The Labute approximate surface area is 66.9 Å². The first-order chi connectivity index (χ1) is 4.63. The summed E-state index contributed by atoms with van der Waals surface area (Å²) in [5.41, 5.74) is 0. The molecule has 0 bridgehead atoms. The molecule has 3 heteroatoms. The van der Waals surface area contributed by atoms with E-state index in [2.05, 4.69) is 5.32 Å². The highest BCUT2D eigenvalue weighted by molar-refractivity contribution is 6.20. The predicted octanol–water partition coefficient (Wildman–Crippen LogP) is 1.53. The van der Waals surface area contributed by atoms with E-state index in [0.29, 0.717) is 0 Å². The molecule has 1 N–H and O–H groups in total. The fourth-order valence-electron chi connectivity index (χ4n) is 0.648. The molecule has 1 unspecified atom stereocenters. The molecule has 0 aromatic rings. The summed E-state index contributed by atoms with van der Waals surface area (Å²) in [4.78, 5) is 10.3. The first-order valence-electron chi connectivity index (χ1n) is 3.51. The number of rotatable bonds is 4. The Kier molecular flexibility index (Phi) is 5.40. The summed E-state index contributed by atoms with van der Waals surface area (Å²) in [7, 11) is 0. The average molecular weight is 164 g/mol. The second-order valence-corrected chi connectivity index (χ2v) is 3.15. The van der Waals surface area contributed by atoms with Crippen molar-refractivity contribution in [3.63, 3.8) is 0 Å². The van der Waals surface area contributed by atoms with Crippen molar-refractivity contribution >= 4 is 17.5 Å². The van der Waals surface area contributed by atoms with E-state index in [-0.39, 0.29) is 11.3 Å². The maximum Gasteiger partial charge on any atom is 0.216 e. The summed E-state index contributed by atoms with van der Waals surface area (Å²) < 4.78 is 0. The number of carbonyl (C=O) groups is 1. The molecule has 0 spiro atoms. The lowest BCUT2D eigenvalue weighted by molar-refractivity contribution is -0.118. The van der Waals surface area contributed by atoms with Crippen LogP contribution in [0.25, 0.3) is 0 Å². The van der Waals surface area contributed by atoms with E-state index in [1.165, 1.54) is 6.92 Å². The fraction of sp³-hybridized carbons (Fsp3) is 0.857. The molecule has 0 aliphatic carbocycles. The van der Waals surface area contributed by atoms with Gasteiger partial charge in [-0.25, -0.2) is 0 Å². The van der Waals surface area contributed by atoms with Crippen molar-refractivity contribution in [3.8, 4) is 0 Å². The van der Waals surface area contributed by atoms with Crippen LogP contribution in [0.3, 0.4) is 0 Å². The van der Waals surface area contributed by atoms with Crippen LogP contribution in [0.2, 0.25) is 0 Å². The lowest BCUT2D eigenvalue weighted by Gasteiger charge is -2.02. The number of hydrogen-bond donors (Lipinski definition) is 1. The van der Waals surface area contributed by atoms with E-state index in [1.807, 2.05) is 6.92 Å². The number of halogens is 1. The largest absolute Gasteiger partial charge is 0.356 e. The van der Waals surface area contributed by atoms with Gasteiger partial charge in [0.05, 0.1) is 0 Å². The minimum atomic E-state index is 0.0298. The van der Waals surface area contributed by atoms with Crippen LogP contribution >= 0.6 is 11.6 Å². The van der Waals surface area contributed by atoms with Crippen molar-refractivity contribution in [2.75, 3.05) is 6.54 Å². The van der Waals surface area contributed by atoms with Crippen LogP contribution in [0.4, 0.5) is 0 Å². The van der Waals surface area contributed by atoms with Gasteiger partial charge < -0.3 is 5.32 Å². The monoisotopic (exact) mass is 163 g/mol. The standard InChI is InChI=1S/C7H14ClNO/c1-6(8)4-3-5-9-7(2)10/h6H,3-5H2,1-2H3,(H,9,10). The Bertz CT molecular complexity index is 104. The highest BCUT2D eigenvalue weighted by atomic mass is 35.5. The highest BCUT2D eigenvalue weighted by Gasteiger charge is 1.95. The second-order valence-electron chi connectivity index (χ2n) is 2.41. The number of nitrogens with one attached hydrogen (secondary N) is 1. The summed E-state index contributed by atoms with van der Waals surface area (Å²) in [5.74, 6) is 0.0298. The first kappa shape index (κ1) is 9.76. The molecular formula is C7H14ClNO. The van der Waals surface area contributed by atoms with Crippen molar-refractivity contribution < 1.29 is 4.79 Å². The molecule has 0 aromatic heterocycles.